The summed E-state index contributed by atoms with van der Waals surface area (Å²) in [6.07, 6.45) is 4.65. The third-order valence-corrected chi connectivity index (χ3v) is 2.34. The van der Waals surface area contributed by atoms with Crippen LogP contribution >= 0.6 is 0 Å². The molecular weight excluding hydrogens is 214 g/mol. The van der Waals surface area contributed by atoms with Crippen molar-refractivity contribution >= 4 is 0 Å². The van der Waals surface area contributed by atoms with Gasteiger partial charge in [0, 0.05) is 12.7 Å². The molecule has 1 rings (SSSR count). The number of hydrogen-bond donors (Lipinski definition) is 1. The maximum absolute atomic E-state index is 5.74. The molecule has 1 heterocycles. The van der Waals surface area contributed by atoms with Gasteiger partial charge in [0.15, 0.2) is 0 Å². The zero-order valence-corrected chi connectivity index (χ0v) is 11.2. The highest BCUT2D eigenvalue weighted by molar-refractivity contribution is 5.08. The Hall–Kier alpha value is -1.16. The van der Waals surface area contributed by atoms with Gasteiger partial charge in [0.25, 0.3) is 0 Å². The van der Waals surface area contributed by atoms with E-state index >= 15 is 0 Å². The first-order valence-electron chi connectivity index (χ1n) is 6.30. The number of nitrogens with one attached hydrogen (secondary N) is 1. The fourth-order valence-electron chi connectivity index (χ4n) is 1.70. The van der Waals surface area contributed by atoms with Crippen LogP contribution in [0.3, 0.4) is 0 Å². The third-order valence-electron chi connectivity index (χ3n) is 2.34. The first-order valence-corrected chi connectivity index (χ1v) is 6.30. The third kappa shape index (κ3) is 5.63. The summed E-state index contributed by atoms with van der Waals surface area (Å²) < 4.78 is 5.74. The summed E-state index contributed by atoms with van der Waals surface area (Å²) in [5, 5.41) is 3.22. The van der Waals surface area contributed by atoms with E-state index in [1.54, 1.807) is 12.4 Å². The number of ether oxygens (including phenoxy) is 1. The van der Waals surface area contributed by atoms with Crippen LogP contribution in [-0.2, 0) is 6.54 Å². The molecular formula is C13H23N3O. The summed E-state index contributed by atoms with van der Waals surface area (Å²) in [5.74, 6) is 1.25. The molecule has 0 aliphatic heterocycles. The molecule has 4 heteroatoms. The lowest BCUT2D eigenvalue weighted by Crippen LogP contribution is -2.17. The predicted molar refractivity (Wildman–Crippen MR) is 69.0 cm³/mol. The summed E-state index contributed by atoms with van der Waals surface area (Å²) in [5.41, 5.74) is 0.918. The smallest absolute Gasteiger partial charge is 0.232 e. The zero-order valence-electron chi connectivity index (χ0n) is 11.2. The minimum atomic E-state index is 0.179. The van der Waals surface area contributed by atoms with Crippen molar-refractivity contribution < 1.29 is 4.74 Å². The average molecular weight is 237 g/mol. The van der Waals surface area contributed by atoms with Gasteiger partial charge in [0.1, 0.15) is 0 Å². The Morgan fingerprint density at radius 1 is 1.29 bits per heavy atom. The van der Waals surface area contributed by atoms with E-state index < -0.39 is 0 Å². The maximum Gasteiger partial charge on any atom is 0.232 e. The van der Waals surface area contributed by atoms with Crippen LogP contribution in [0.1, 0.15) is 39.8 Å². The minimum Gasteiger partial charge on any atom is -0.474 e. The lowest BCUT2D eigenvalue weighted by atomic mass is 10.1. The van der Waals surface area contributed by atoms with Crippen LogP contribution in [0, 0.1) is 5.92 Å². The van der Waals surface area contributed by atoms with E-state index in [2.05, 4.69) is 43.0 Å². The standard InChI is InChI=1S/C13H23N3O/c1-5-14-7-12-8-15-9-13(16-12)17-11(4)6-10(2)3/h8-11,14H,5-7H2,1-4H3. The molecule has 0 radical (unpaired) electrons. The summed E-state index contributed by atoms with van der Waals surface area (Å²) >= 11 is 0. The summed E-state index contributed by atoms with van der Waals surface area (Å²) in [4.78, 5) is 8.55. The highest BCUT2D eigenvalue weighted by Crippen LogP contribution is 2.12. The lowest BCUT2D eigenvalue weighted by Gasteiger charge is -2.15. The largest absolute Gasteiger partial charge is 0.474 e. The van der Waals surface area contributed by atoms with E-state index in [4.69, 9.17) is 4.74 Å². The minimum absolute atomic E-state index is 0.179. The molecule has 17 heavy (non-hydrogen) atoms. The van der Waals surface area contributed by atoms with Crippen molar-refractivity contribution in [1.82, 2.24) is 15.3 Å². The zero-order chi connectivity index (χ0) is 12.7. The fourth-order valence-corrected chi connectivity index (χ4v) is 1.70. The Morgan fingerprint density at radius 2 is 2.06 bits per heavy atom. The van der Waals surface area contributed by atoms with Crippen LogP contribution in [0.25, 0.3) is 0 Å². The van der Waals surface area contributed by atoms with Gasteiger partial charge in [0.2, 0.25) is 5.88 Å². The monoisotopic (exact) mass is 237 g/mol. The van der Waals surface area contributed by atoms with E-state index in [1.807, 2.05) is 0 Å². The molecule has 0 saturated carbocycles. The molecule has 96 valence electrons. The Labute approximate surface area is 104 Å². The Balaban J connectivity index is 2.52. The molecule has 1 aromatic heterocycles. The van der Waals surface area contributed by atoms with Crippen molar-refractivity contribution in [3.8, 4) is 5.88 Å². The summed E-state index contributed by atoms with van der Waals surface area (Å²) in [7, 11) is 0. The molecule has 4 nitrogen and oxygen atoms in total. The van der Waals surface area contributed by atoms with Crippen LogP contribution < -0.4 is 10.1 Å². The highest BCUT2D eigenvalue weighted by Gasteiger charge is 2.08. The van der Waals surface area contributed by atoms with Crippen molar-refractivity contribution in [2.75, 3.05) is 6.54 Å². The molecule has 0 fully saturated rings. The van der Waals surface area contributed by atoms with Gasteiger partial charge in [-0.1, -0.05) is 20.8 Å². The molecule has 0 aliphatic rings. The van der Waals surface area contributed by atoms with Crippen molar-refractivity contribution in [3.05, 3.63) is 18.1 Å². The van der Waals surface area contributed by atoms with Crippen molar-refractivity contribution in [2.24, 2.45) is 5.92 Å². The number of rotatable bonds is 7. The average Bonchev–Trinajstić information content (AvgIpc) is 2.25. The number of nitrogens with zero attached hydrogens (tertiary/aromatic N) is 2. The van der Waals surface area contributed by atoms with Crippen molar-refractivity contribution in [1.29, 1.82) is 0 Å². The molecule has 0 spiro atoms. The van der Waals surface area contributed by atoms with Gasteiger partial charge in [0.05, 0.1) is 18.0 Å². The van der Waals surface area contributed by atoms with Gasteiger partial charge in [-0.25, -0.2) is 4.98 Å². The quantitative estimate of drug-likeness (QED) is 0.791. The first-order chi connectivity index (χ1) is 8.11. The van der Waals surface area contributed by atoms with Crippen LogP contribution in [0.15, 0.2) is 12.4 Å². The Kier molecular flexibility index (Phi) is 5.91. The molecule has 0 aromatic carbocycles. The molecule has 1 aromatic rings. The van der Waals surface area contributed by atoms with Gasteiger partial charge in [-0.3, -0.25) is 4.98 Å². The van der Waals surface area contributed by atoms with Gasteiger partial charge >= 0.3 is 0 Å². The molecule has 1 atom stereocenters. The topological polar surface area (TPSA) is 47.0 Å². The Bertz CT molecular complexity index is 328. The van der Waals surface area contributed by atoms with Crippen LogP contribution in [0.4, 0.5) is 0 Å². The molecule has 1 N–H and O–H groups in total. The van der Waals surface area contributed by atoms with E-state index in [9.17, 15) is 0 Å². The Morgan fingerprint density at radius 3 is 2.71 bits per heavy atom. The number of hydrogen-bond acceptors (Lipinski definition) is 4. The number of aromatic nitrogens is 2. The molecule has 1 unspecified atom stereocenters. The highest BCUT2D eigenvalue weighted by atomic mass is 16.5. The first kappa shape index (κ1) is 13.9. The second-order valence-electron chi connectivity index (χ2n) is 4.69. The molecule has 0 aliphatic carbocycles. The van der Waals surface area contributed by atoms with Gasteiger partial charge in [-0.2, -0.15) is 0 Å². The lowest BCUT2D eigenvalue weighted by molar-refractivity contribution is 0.184. The SMILES string of the molecule is CCNCc1cncc(OC(C)CC(C)C)n1. The fraction of sp³-hybridized carbons (Fsp3) is 0.692. The van der Waals surface area contributed by atoms with E-state index in [0.717, 1.165) is 25.2 Å². The molecule has 0 amide bonds. The second kappa shape index (κ2) is 7.22. The predicted octanol–water partition coefficient (Wildman–Crippen LogP) is 2.40. The van der Waals surface area contributed by atoms with Crippen LogP contribution in [0.5, 0.6) is 5.88 Å². The van der Waals surface area contributed by atoms with Crippen LogP contribution in [0.2, 0.25) is 0 Å². The summed E-state index contributed by atoms with van der Waals surface area (Å²) in [6.45, 7) is 10.2. The van der Waals surface area contributed by atoms with Gasteiger partial charge in [-0.05, 0) is 25.8 Å². The maximum atomic E-state index is 5.74. The second-order valence-corrected chi connectivity index (χ2v) is 4.69. The van der Waals surface area contributed by atoms with E-state index in [-0.39, 0.29) is 6.10 Å². The molecule has 0 saturated heterocycles. The summed E-state index contributed by atoms with van der Waals surface area (Å²) in [6, 6.07) is 0. The van der Waals surface area contributed by atoms with Crippen molar-refractivity contribution in [2.45, 2.75) is 46.8 Å². The normalized spacial score (nSPS) is 12.8. The van der Waals surface area contributed by atoms with Gasteiger partial charge in [-0.15, -0.1) is 0 Å². The van der Waals surface area contributed by atoms with E-state index in [0.29, 0.717) is 11.8 Å². The molecule has 0 bridgehead atoms. The van der Waals surface area contributed by atoms with E-state index in [1.165, 1.54) is 0 Å². The van der Waals surface area contributed by atoms with Crippen LogP contribution in [-0.4, -0.2) is 22.6 Å². The van der Waals surface area contributed by atoms with Crippen molar-refractivity contribution in [3.63, 3.8) is 0 Å². The van der Waals surface area contributed by atoms with Gasteiger partial charge < -0.3 is 10.1 Å².